The van der Waals surface area contributed by atoms with E-state index in [1.807, 2.05) is 0 Å². The predicted molar refractivity (Wildman–Crippen MR) is 71.4 cm³/mol. The van der Waals surface area contributed by atoms with E-state index in [1.54, 1.807) is 0 Å². The minimum absolute atomic E-state index is 0.417. The van der Waals surface area contributed by atoms with Gasteiger partial charge in [-0.2, -0.15) is 0 Å². The van der Waals surface area contributed by atoms with E-state index in [1.165, 1.54) is 31.2 Å². The molecule has 0 spiro atoms. The third kappa shape index (κ3) is 3.47. The molecule has 17 heavy (non-hydrogen) atoms. The number of benzene rings is 1. The molecule has 2 rings (SSSR count). The zero-order valence-electron chi connectivity index (χ0n) is 10.9. The van der Waals surface area contributed by atoms with Gasteiger partial charge in [0.05, 0.1) is 6.10 Å². The zero-order valence-corrected chi connectivity index (χ0v) is 10.9. The average molecular weight is 233 g/mol. The first-order valence-electron chi connectivity index (χ1n) is 6.79. The monoisotopic (exact) mass is 233 g/mol. The van der Waals surface area contributed by atoms with Crippen LogP contribution < -0.4 is 10.1 Å². The van der Waals surface area contributed by atoms with Crippen molar-refractivity contribution in [2.24, 2.45) is 0 Å². The standard InChI is InChI=1S/C15H23NO/c1-3-16-12(2)13-8-10-15(11-9-13)17-14-6-4-5-7-14/h8-12,14,16H,3-7H2,1-2H3/t12-/m0/s1. The first-order chi connectivity index (χ1) is 8.29. The SMILES string of the molecule is CCN[C@@H](C)c1ccc(OC2CCCC2)cc1. The molecule has 1 aliphatic rings. The Morgan fingerprint density at radius 2 is 1.88 bits per heavy atom. The molecule has 1 atom stereocenters. The van der Waals surface area contributed by atoms with Gasteiger partial charge in [0.2, 0.25) is 0 Å². The molecule has 0 amide bonds. The first-order valence-corrected chi connectivity index (χ1v) is 6.79. The summed E-state index contributed by atoms with van der Waals surface area (Å²) in [7, 11) is 0. The van der Waals surface area contributed by atoms with Gasteiger partial charge in [0.15, 0.2) is 0 Å². The van der Waals surface area contributed by atoms with Crippen molar-refractivity contribution in [3.8, 4) is 5.75 Å². The molecule has 0 saturated heterocycles. The maximum Gasteiger partial charge on any atom is 0.119 e. The molecule has 0 bridgehead atoms. The first kappa shape index (κ1) is 12.4. The van der Waals surface area contributed by atoms with E-state index in [9.17, 15) is 0 Å². The fourth-order valence-corrected chi connectivity index (χ4v) is 2.46. The van der Waals surface area contributed by atoms with Gasteiger partial charge in [-0.25, -0.2) is 0 Å². The lowest BCUT2D eigenvalue weighted by molar-refractivity contribution is 0.210. The smallest absolute Gasteiger partial charge is 0.119 e. The molecule has 1 aliphatic carbocycles. The van der Waals surface area contributed by atoms with Crippen LogP contribution in [0, 0.1) is 0 Å². The number of rotatable bonds is 5. The molecular formula is C15H23NO. The van der Waals surface area contributed by atoms with Gasteiger partial charge in [-0.1, -0.05) is 19.1 Å². The normalized spacial score (nSPS) is 18.2. The highest BCUT2D eigenvalue weighted by Gasteiger charge is 2.16. The second kappa shape index (κ2) is 6.06. The Balaban J connectivity index is 1.92. The van der Waals surface area contributed by atoms with Gasteiger partial charge in [-0.05, 0) is 56.8 Å². The maximum absolute atomic E-state index is 5.95. The number of hydrogen-bond acceptors (Lipinski definition) is 2. The van der Waals surface area contributed by atoms with Crippen molar-refractivity contribution in [1.29, 1.82) is 0 Å². The second-order valence-electron chi connectivity index (χ2n) is 4.87. The quantitative estimate of drug-likeness (QED) is 0.837. The van der Waals surface area contributed by atoms with E-state index < -0.39 is 0 Å². The highest BCUT2D eigenvalue weighted by molar-refractivity contribution is 5.29. The van der Waals surface area contributed by atoms with Gasteiger partial charge >= 0.3 is 0 Å². The highest BCUT2D eigenvalue weighted by Crippen LogP contribution is 2.25. The van der Waals surface area contributed by atoms with Crippen molar-refractivity contribution >= 4 is 0 Å². The lowest BCUT2D eigenvalue weighted by Gasteiger charge is -2.15. The Labute approximate surface area is 104 Å². The molecule has 0 unspecified atom stereocenters. The molecule has 0 aromatic heterocycles. The van der Waals surface area contributed by atoms with Gasteiger partial charge in [-0.15, -0.1) is 0 Å². The number of ether oxygens (including phenoxy) is 1. The van der Waals surface area contributed by atoms with Crippen LogP contribution in [0.1, 0.15) is 51.1 Å². The number of hydrogen-bond donors (Lipinski definition) is 1. The van der Waals surface area contributed by atoms with Crippen LogP contribution in [0.15, 0.2) is 24.3 Å². The molecule has 1 aromatic carbocycles. The van der Waals surface area contributed by atoms with Crippen LogP contribution in [-0.4, -0.2) is 12.6 Å². The fraction of sp³-hybridized carbons (Fsp3) is 0.600. The highest BCUT2D eigenvalue weighted by atomic mass is 16.5. The minimum atomic E-state index is 0.417. The predicted octanol–water partition coefficient (Wildman–Crippen LogP) is 3.68. The van der Waals surface area contributed by atoms with Crippen LogP contribution in [0.2, 0.25) is 0 Å². The lowest BCUT2D eigenvalue weighted by atomic mass is 10.1. The number of nitrogens with one attached hydrogen (secondary N) is 1. The summed E-state index contributed by atoms with van der Waals surface area (Å²) in [5.74, 6) is 1.02. The van der Waals surface area contributed by atoms with Gasteiger partial charge < -0.3 is 10.1 Å². The van der Waals surface area contributed by atoms with Crippen molar-refractivity contribution in [3.05, 3.63) is 29.8 Å². The van der Waals surface area contributed by atoms with E-state index in [0.717, 1.165) is 12.3 Å². The van der Waals surface area contributed by atoms with Crippen molar-refractivity contribution in [1.82, 2.24) is 5.32 Å². The molecule has 0 heterocycles. The Bertz CT molecular complexity index is 327. The van der Waals surface area contributed by atoms with E-state index in [-0.39, 0.29) is 0 Å². The van der Waals surface area contributed by atoms with Crippen molar-refractivity contribution in [3.63, 3.8) is 0 Å². The van der Waals surface area contributed by atoms with Crippen LogP contribution in [0.4, 0.5) is 0 Å². The summed E-state index contributed by atoms with van der Waals surface area (Å²) in [5, 5.41) is 3.41. The van der Waals surface area contributed by atoms with E-state index in [0.29, 0.717) is 12.1 Å². The third-order valence-corrected chi connectivity index (χ3v) is 3.50. The van der Waals surface area contributed by atoms with Crippen LogP contribution >= 0.6 is 0 Å². The van der Waals surface area contributed by atoms with Crippen molar-refractivity contribution < 1.29 is 4.74 Å². The van der Waals surface area contributed by atoms with Crippen molar-refractivity contribution in [2.45, 2.75) is 51.7 Å². The molecule has 0 aliphatic heterocycles. The van der Waals surface area contributed by atoms with E-state index in [2.05, 4.69) is 43.4 Å². The topological polar surface area (TPSA) is 21.3 Å². The van der Waals surface area contributed by atoms with Crippen LogP contribution in [-0.2, 0) is 0 Å². The van der Waals surface area contributed by atoms with Crippen LogP contribution in [0.3, 0.4) is 0 Å². The minimum Gasteiger partial charge on any atom is -0.490 e. The molecule has 94 valence electrons. The summed E-state index contributed by atoms with van der Waals surface area (Å²) in [6.07, 6.45) is 5.53. The summed E-state index contributed by atoms with van der Waals surface area (Å²) in [4.78, 5) is 0. The molecule has 2 heteroatoms. The molecule has 1 aromatic rings. The Morgan fingerprint density at radius 1 is 1.24 bits per heavy atom. The van der Waals surface area contributed by atoms with Crippen molar-refractivity contribution in [2.75, 3.05) is 6.54 Å². The van der Waals surface area contributed by atoms with E-state index in [4.69, 9.17) is 4.74 Å². The van der Waals surface area contributed by atoms with Gasteiger partial charge in [0.25, 0.3) is 0 Å². The summed E-state index contributed by atoms with van der Waals surface area (Å²) in [6.45, 7) is 5.33. The van der Waals surface area contributed by atoms with Gasteiger partial charge in [-0.3, -0.25) is 0 Å². The Morgan fingerprint density at radius 3 is 2.47 bits per heavy atom. The Kier molecular flexibility index (Phi) is 4.43. The molecule has 1 saturated carbocycles. The summed E-state index contributed by atoms with van der Waals surface area (Å²) < 4.78 is 5.95. The van der Waals surface area contributed by atoms with Gasteiger partial charge in [0, 0.05) is 6.04 Å². The lowest BCUT2D eigenvalue weighted by Crippen LogP contribution is -2.17. The molecule has 1 fully saturated rings. The summed E-state index contributed by atoms with van der Waals surface area (Å²) in [6, 6.07) is 8.94. The Hall–Kier alpha value is -1.02. The molecule has 1 N–H and O–H groups in total. The second-order valence-corrected chi connectivity index (χ2v) is 4.87. The van der Waals surface area contributed by atoms with Crippen LogP contribution in [0.25, 0.3) is 0 Å². The molecule has 2 nitrogen and oxygen atoms in total. The summed E-state index contributed by atoms with van der Waals surface area (Å²) >= 11 is 0. The van der Waals surface area contributed by atoms with Crippen LogP contribution in [0.5, 0.6) is 5.75 Å². The van der Waals surface area contributed by atoms with Gasteiger partial charge in [0.1, 0.15) is 5.75 Å². The summed E-state index contributed by atoms with van der Waals surface area (Å²) in [5.41, 5.74) is 1.32. The molecule has 0 radical (unpaired) electrons. The average Bonchev–Trinajstić information content (AvgIpc) is 2.83. The molecular weight excluding hydrogens is 210 g/mol. The largest absolute Gasteiger partial charge is 0.490 e. The third-order valence-electron chi connectivity index (χ3n) is 3.50. The maximum atomic E-state index is 5.95. The van der Waals surface area contributed by atoms with E-state index >= 15 is 0 Å². The zero-order chi connectivity index (χ0) is 12.1. The fourth-order valence-electron chi connectivity index (χ4n) is 2.46.